The van der Waals surface area contributed by atoms with Gasteiger partial charge < -0.3 is 5.32 Å². The van der Waals surface area contributed by atoms with E-state index in [1.54, 1.807) is 0 Å². The molecule has 1 atom stereocenters. The Bertz CT molecular complexity index is 234. The van der Waals surface area contributed by atoms with Gasteiger partial charge in [0.25, 0.3) is 10.2 Å². The fourth-order valence-corrected chi connectivity index (χ4v) is 2.45. The Morgan fingerprint density at radius 1 is 1.54 bits per heavy atom. The molecule has 1 unspecified atom stereocenters. The van der Waals surface area contributed by atoms with Gasteiger partial charge in [-0.2, -0.15) is 13.1 Å². The Morgan fingerprint density at radius 2 is 2.31 bits per heavy atom. The van der Waals surface area contributed by atoms with Crippen molar-refractivity contribution in [2.24, 2.45) is 0 Å². The zero-order valence-corrected chi connectivity index (χ0v) is 8.65. The number of rotatable bonds is 5. The quantitative estimate of drug-likeness (QED) is 0.552. The van der Waals surface area contributed by atoms with Crippen molar-refractivity contribution in [3.63, 3.8) is 0 Å². The Balaban J connectivity index is 2.32. The van der Waals surface area contributed by atoms with Gasteiger partial charge in [-0.15, -0.1) is 0 Å². The summed E-state index contributed by atoms with van der Waals surface area (Å²) in [5.74, 6) is 0. The molecule has 78 valence electrons. The fourth-order valence-electron chi connectivity index (χ4n) is 1.25. The predicted molar refractivity (Wildman–Crippen MR) is 51.6 cm³/mol. The standard InChI is InChI=1S/C7H17N3O2S/c1-2-4-9-13(11,12)10-7-3-5-8-6-7/h7-10H,2-6H2,1H3. The van der Waals surface area contributed by atoms with Gasteiger partial charge in [-0.3, -0.25) is 0 Å². The summed E-state index contributed by atoms with van der Waals surface area (Å²) >= 11 is 0. The molecule has 1 rings (SSSR count). The van der Waals surface area contributed by atoms with Crippen LogP contribution in [0.5, 0.6) is 0 Å². The van der Waals surface area contributed by atoms with E-state index in [0.717, 1.165) is 25.9 Å². The Morgan fingerprint density at radius 3 is 2.85 bits per heavy atom. The molecule has 0 aromatic carbocycles. The third-order valence-corrected chi connectivity index (χ3v) is 3.15. The van der Waals surface area contributed by atoms with Crippen molar-refractivity contribution in [1.29, 1.82) is 0 Å². The fraction of sp³-hybridized carbons (Fsp3) is 1.00. The molecule has 1 heterocycles. The number of nitrogens with one attached hydrogen (secondary N) is 3. The molecule has 0 aromatic heterocycles. The molecule has 0 amide bonds. The van der Waals surface area contributed by atoms with Crippen molar-refractivity contribution in [1.82, 2.24) is 14.8 Å². The van der Waals surface area contributed by atoms with E-state index in [9.17, 15) is 8.42 Å². The van der Waals surface area contributed by atoms with Crippen molar-refractivity contribution in [3.8, 4) is 0 Å². The van der Waals surface area contributed by atoms with E-state index in [2.05, 4.69) is 14.8 Å². The molecule has 13 heavy (non-hydrogen) atoms. The van der Waals surface area contributed by atoms with Crippen molar-refractivity contribution >= 4 is 10.2 Å². The van der Waals surface area contributed by atoms with E-state index in [1.165, 1.54) is 0 Å². The third kappa shape index (κ3) is 4.04. The van der Waals surface area contributed by atoms with E-state index in [0.29, 0.717) is 6.54 Å². The second-order valence-corrected chi connectivity index (χ2v) is 4.74. The normalized spacial score (nSPS) is 23.6. The van der Waals surface area contributed by atoms with Gasteiger partial charge in [0.2, 0.25) is 0 Å². The summed E-state index contributed by atoms with van der Waals surface area (Å²) in [6.45, 7) is 4.04. The lowest BCUT2D eigenvalue weighted by Crippen LogP contribution is -2.43. The zero-order valence-electron chi connectivity index (χ0n) is 7.84. The minimum Gasteiger partial charge on any atom is -0.315 e. The summed E-state index contributed by atoms with van der Waals surface area (Å²) in [5, 5.41) is 3.10. The molecular weight excluding hydrogens is 190 g/mol. The Labute approximate surface area is 79.5 Å². The van der Waals surface area contributed by atoms with Gasteiger partial charge in [0.1, 0.15) is 0 Å². The minimum atomic E-state index is -3.27. The van der Waals surface area contributed by atoms with Gasteiger partial charge in [-0.1, -0.05) is 6.92 Å². The smallest absolute Gasteiger partial charge is 0.277 e. The molecule has 0 bridgehead atoms. The molecule has 3 N–H and O–H groups in total. The van der Waals surface area contributed by atoms with Crippen LogP contribution in [0, 0.1) is 0 Å². The van der Waals surface area contributed by atoms with Crippen LogP contribution in [0.3, 0.4) is 0 Å². The lowest BCUT2D eigenvalue weighted by molar-refractivity contribution is 0.545. The molecule has 0 radical (unpaired) electrons. The maximum absolute atomic E-state index is 11.3. The summed E-state index contributed by atoms with van der Waals surface area (Å²) in [6.07, 6.45) is 1.68. The first-order valence-electron chi connectivity index (χ1n) is 4.61. The van der Waals surface area contributed by atoms with Gasteiger partial charge >= 0.3 is 0 Å². The third-order valence-electron chi connectivity index (χ3n) is 1.92. The topological polar surface area (TPSA) is 70.2 Å². The summed E-state index contributed by atoms with van der Waals surface area (Å²) in [6, 6.07) is 0.0503. The average molecular weight is 207 g/mol. The zero-order chi connectivity index (χ0) is 9.73. The van der Waals surface area contributed by atoms with Crippen LogP contribution in [0.2, 0.25) is 0 Å². The Hall–Kier alpha value is -0.170. The highest BCUT2D eigenvalue weighted by molar-refractivity contribution is 7.87. The number of hydrogen-bond acceptors (Lipinski definition) is 3. The minimum absolute atomic E-state index is 0.0503. The molecule has 6 heteroatoms. The van der Waals surface area contributed by atoms with Crippen molar-refractivity contribution < 1.29 is 8.42 Å². The molecule has 1 fully saturated rings. The van der Waals surface area contributed by atoms with E-state index in [-0.39, 0.29) is 6.04 Å². The van der Waals surface area contributed by atoms with Gasteiger partial charge in [0, 0.05) is 19.1 Å². The summed E-state index contributed by atoms with van der Waals surface area (Å²) in [7, 11) is -3.27. The molecule has 0 spiro atoms. The predicted octanol–water partition coefficient (Wildman–Crippen LogP) is -0.818. The maximum Gasteiger partial charge on any atom is 0.277 e. The SMILES string of the molecule is CCCNS(=O)(=O)NC1CCNC1. The highest BCUT2D eigenvalue weighted by Crippen LogP contribution is 1.98. The molecular formula is C7H17N3O2S. The largest absolute Gasteiger partial charge is 0.315 e. The first-order chi connectivity index (χ1) is 6.14. The molecule has 0 aliphatic carbocycles. The second kappa shape index (κ2) is 4.90. The van der Waals surface area contributed by atoms with E-state index in [1.807, 2.05) is 6.92 Å². The highest BCUT2D eigenvalue weighted by atomic mass is 32.2. The van der Waals surface area contributed by atoms with Crippen LogP contribution in [0.1, 0.15) is 19.8 Å². The average Bonchev–Trinajstić information content (AvgIpc) is 2.52. The van der Waals surface area contributed by atoms with Crippen molar-refractivity contribution in [2.75, 3.05) is 19.6 Å². The van der Waals surface area contributed by atoms with Gasteiger partial charge in [-0.05, 0) is 19.4 Å². The summed E-state index contributed by atoms with van der Waals surface area (Å²) < 4.78 is 27.6. The highest BCUT2D eigenvalue weighted by Gasteiger charge is 2.19. The molecule has 1 aliphatic rings. The molecule has 0 saturated carbocycles. The monoisotopic (exact) mass is 207 g/mol. The molecule has 1 aliphatic heterocycles. The summed E-state index contributed by atoms with van der Waals surface area (Å²) in [5.41, 5.74) is 0. The Kier molecular flexibility index (Phi) is 4.11. The maximum atomic E-state index is 11.3. The van der Waals surface area contributed by atoms with Crippen molar-refractivity contribution in [3.05, 3.63) is 0 Å². The first-order valence-corrected chi connectivity index (χ1v) is 6.10. The van der Waals surface area contributed by atoms with Crippen LogP contribution >= 0.6 is 0 Å². The van der Waals surface area contributed by atoms with Crippen LogP contribution < -0.4 is 14.8 Å². The van der Waals surface area contributed by atoms with Gasteiger partial charge in [0.15, 0.2) is 0 Å². The second-order valence-electron chi connectivity index (χ2n) is 3.21. The van der Waals surface area contributed by atoms with Crippen LogP contribution in [0.4, 0.5) is 0 Å². The summed E-state index contributed by atoms with van der Waals surface area (Å²) in [4.78, 5) is 0. The van der Waals surface area contributed by atoms with Crippen LogP contribution in [-0.4, -0.2) is 34.1 Å². The molecule has 0 aromatic rings. The van der Waals surface area contributed by atoms with Crippen LogP contribution in [-0.2, 0) is 10.2 Å². The van der Waals surface area contributed by atoms with E-state index < -0.39 is 10.2 Å². The molecule has 5 nitrogen and oxygen atoms in total. The lowest BCUT2D eigenvalue weighted by atomic mass is 10.3. The van der Waals surface area contributed by atoms with Gasteiger partial charge in [0.05, 0.1) is 0 Å². The van der Waals surface area contributed by atoms with Gasteiger partial charge in [-0.25, -0.2) is 4.72 Å². The van der Waals surface area contributed by atoms with Crippen LogP contribution in [0.25, 0.3) is 0 Å². The lowest BCUT2D eigenvalue weighted by Gasteiger charge is -2.11. The van der Waals surface area contributed by atoms with Crippen LogP contribution in [0.15, 0.2) is 0 Å². The van der Waals surface area contributed by atoms with E-state index >= 15 is 0 Å². The van der Waals surface area contributed by atoms with Crippen molar-refractivity contribution in [2.45, 2.75) is 25.8 Å². The molecule has 1 saturated heterocycles. The number of hydrogen-bond donors (Lipinski definition) is 3. The first kappa shape index (κ1) is 10.9. The van der Waals surface area contributed by atoms with E-state index in [4.69, 9.17) is 0 Å².